The van der Waals surface area contributed by atoms with Crippen LogP contribution in [0.25, 0.3) is 0 Å². The average molecular weight is 261 g/mol. The van der Waals surface area contributed by atoms with Crippen LogP contribution in [0.5, 0.6) is 0 Å². The van der Waals surface area contributed by atoms with Gasteiger partial charge < -0.3 is 9.64 Å². The van der Waals surface area contributed by atoms with E-state index in [1.807, 2.05) is 18.7 Å². The maximum atomic E-state index is 11.6. The number of nitrogens with zero attached hydrogens (tertiary/aromatic N) is 3. The minimum absolute atomic E-state index is 0.156. The zero-order chi connectivity index (χ0) is 14.3. The predicted octanol–water partition coefficient (Wildman–Crippen LogP) is 2.04. The summed E-state index contributed by atoms with van der Waals surface area (Å²) in [6.45, 7) is 6.85. The van der Waals surface area contributed by atoms with Crippen molar-refractivity contribution in [2.45, 2.75) is 27.2 Å². The highest BCUT2D eigenvalue weighted by atomic mass is 16.5. The number of aromatic nitrogens is 1. The normalized spacial score (nSPS) is 9.79. The van der Waals surface area contributed by atoms with E-state index in [0.29, 0.717) is 24.5 Å². The van der Waals surface area contributed by atoms with Gasteiger partial charge in [0, 0.05) is 12.2 Å². The molecule has 0 amide bonds. The van der Waals surface area contributed by atoms with Gasteiger partial charge in [-0.15, -0.1) is 0 Å². The highest BCUT2D eigenvalue weighted by molar-refractivity contribution is 5.75. The Balaban J connectivity index is 2.95. The van der Waals surface area contributed by atoms with Crippen molar-refractivity contribution in [3.63, 3.8) is 0 Å². The van der Waals surface area contributed by atoms with Crippen LogP contribution in [0, 0.1) is 18.3 Å². The topological polar surface area (TPSA) is 66.2 Å². The third-order valence-corrected chi connectivity index (χ3v) is 2.51. The van der Waals surface area contributed by atoms with Gasteiger partial charge in [-0.05, 0) is 32.4 Å². The van der Waals surface area contributed by atoms with Crippen LogP contribution in [0.2, 0.25) is 0 Å². The summed E-state index contributed by atoms with van der Waals surface area (Å²) in [5, 5.41) is 8.98. The molecule has 0 fully saturated rings. The Kier molecular flexibility index (Phi) is 5.80. The van der Waals surface area contributed by atoms with Crippen LogP contribution in [0.3, 0.4) is 0 Å². The van der Waals surface area contributed by atoms with Gasteiger partial charge in [0.2, 0.25) is 0 Å². The number of carbonyl (C=O) groups excluding carboxylic acids is 1. The fourth-order valence-corrected chi connectivity index (χ4v) is 1.78. The van der Waals surface area contributed by atoms with E-state index in [1.165, 1.54) is 0 Å². The van der Waals surface area contributed by atoms with E-state index in [1.54, 1.807) is 19.1 Å². The van der Waals surface area contributed by atoms with Crippen LogP contribution >= 0.6 is 0 Å². The number of nitriles is 1. The molecule has 1 aromatic heterocycles. The van der Waals surface area contributed by atoms with Crippen LogP contribution in [0.4, 0.5) is 5.82 Å². The summed E-state index contributed by atoms with van der Waals surface area (Å²) in [5.41, 5.74) is 1.31. The second-order valence-corrected chi connectivity index (χ2v) is 4.19. The molecule has 5 nitrogen and oxygen atoms in total. The van der Waals surface area contributed by atoms with Crippen molar-refractivity contribution in [2.24, 2.45) is 0 Å². The summed E-state index contributed by atoms with van der Waals surface area (Å²) in [5.74, 6) is 0.365. The summed E-state index contributed by atoms with van der Waals surface area (Å²) >= 11 is 0. The molecule has 0 aliphatic carbocycles. The second-order valence-electron chi connectivity index (χ2n) is 4.19. The third-order valence-electron chi connectivity index (χ3n) is 2.51. The SMILES string of the molecule is CCCN(CC(=O)OCC)c1cc(C#N)cc(C)n1. The van der Waals surface area contributed by atoms with Crippen molar-refractivity contribution in [1.82, 2.24) is 4.98 Å². The van der Waals surface area contributed by atoms with Crippen molar-refractivity contribution in [1.29, 1.82) is 5.26 Å². The minimum Gasteiger partial charge on any atom is -0.465 e. The summed E-state index contributed by atoms with van der Waals surface area (Å²) in [4.78, 5) is 17.8. The van der Waals surface area contributed by atoms with E-state index in [2.05, 4.69) is 11.1 Å². The molecule has 0 radical (unpaired) electrons. The van der Waals surface area contributed by atoms with Crippen LogP contribution in [-0.4, -0.2) is 30.6 Å². The average Bonchev–Trinajstić information content (AvgIpc) is 2.37. The van der Waals surface area contributed by atoms with E-state index < -0.39 is 0 Å². The molecule has 0 atom stereocenters. The molecule has 19 heavy (non-hydrogen) atoms. The Morgan fingerprint density at radius 3 is 2.79 bits per heavy atom. The lowest BCUT2D eigenvalue weighted by molar-refractivity contribution is -0.141. The molecular formula is C14H19N3O2. The molecule has 0 bridgehead atoms. The van der Waals surface area contributed by atoms with Gasteiger partial charge in [-0.25, -0.2) is 4.98 Å². The van der Waals surface area contributed by atoms with Gasteiger partial charge in [-0.2, -0.15) is 5.26 Å². The molecule has 0 aliphatic rings. The molecule has 0 spiro atoms. The third kappa shape index (κ3) is 4.59. The van der Waals surface area contributed by atoms with Crippen LogP contribution in [0.15, 0.2) is 12.1 Å². The van der Waals surface area contributed by atoms with Crippen LogP contribution in [-0.2, 0) is 9.53 Å². The van der Waals surface area contributed by atoms with Gasteiger partial charge >= 0.3 is 5.97 Å². The van der Waals surface area contributed by atoms with Gasteiger partial charge in [-0.1, -0.05) is 6.92 Å². The van der Waals surface area contributed by atoms with Gasteiger partial charge in [0.15, 0.2) is 0 Å². The molecule has 102 valence electrons. The summed E-state index contributed by atoms with van der Waals surface area (Å²) in [6, 6.07) is 5.52. The fraction of sp³-hybridized carbons (Fsp3) is 0.500. The standard InChI is InChI=1S/C14H19N3O2/c1-4-6-17(10-14(18)19-5-2)13-8-12(9-15)7-11(3)16-13/h7-8H,4-6,10H2,1-3H3. The zero-order valence-corrected chi connectivity index (χ0v) is 11.6. The van der Waals surface area contributed by atoms with E-state index in [9.17, 15) is 4.79 Å². The first-order chi connectivity index (χ1) is 9.10. The maximum absolute atomic E-state index is 11.6. The van der Waals surface area contributed by atoms with Gasteiger partial charge in [0.1, 0.15) is 12.4 Å². The summed E-state index contributed by atoms with van der Waals surface area (Å²) < 4.78 is 4.95. The van der Waals surface area contributed by atoms with Crippen LogP contribution in [0.1, 0.15) is 31.5 Å². The minimum atomic E-state index is -0.280. The van der Waals surface area contributed by atoms with Crippen molar-refractivity contribution in [3.05, 3.63) is 23.4 Å². The highest BCUT2D eigenvalue weighted by Crippen LogP contribution is 2.15. The largest absolute Gasteiger partial charge is 0.465 e. The maximum Gasteiger partial charge on any atom is 0.325 e. The van der Waals surface area contributed by atoms with Crippen molar-refractivity contribution >= 4 is 11.8 Å². The van der Waals surface area contributed by atoms with Gasteiger partial charge in [0.05, 0.1) is 18.2 Å². The van der Waals surface area contributed by atoms with Gasteiger partial charge in [-0.3, -0.25) is 4.79 Å². The number of esters is 1. The Labute approximate surface area is 113 Å². The number of pyridine rings is 1. The molecule has 1 aromatic rings. The van der Waals surface area contributed by atoms with E-state index in [-0.39, 0.29) is 12.5 Å². The summed E-state index contributed by atoms with van der Waals surface area (Å²) in [6.07, 6.45) is 0.886. The number of anilines is 1. The molecule has 0 unspecified atom stereocenters. The molecule has 1 heterocycles. The van der Waals surface area contributed by atoms with Crippen molar-refractivity contribution in [3.8, 4) is 6.07 Å². The Morgan fingerprint density at radius 2 is 2.21 bits per heavy atom. The lowest BCUT2D eigenvalue weighted by Crippen LogP contribution is -2.32. The number of carbonyl (C=O) groups is 1. The molecule has 0 saturated heterocycles. The number of hydrogen-bond acceptors (Lipinski definition) is 5. The first-order valence-corrected chi connectivity index (χ1v) is 6.40. The monoisotopic (exact) mass is 261 g/mol. The van der Waals surface area contributed by atoms with E-state index in [4.69, 9.17) is 10.00 Å². The Hall–Kier alpha value is -2.09. The van der Waals surface area contributed by atoms with E-state index >= 15 is 0 Å². The highest BCUT2D eigenvalue weighted by Gasteiger charge is 2.14. The van der Waals surface area contributed by atoms with E-state index in [0.717, 1.165) is 12.1 Å². The Bertz CT molecular complexity index is 480. The first-order valence-electron chi connectivity index (χ1n) is 6.40. The molecule has 0 aliphatic heterocycles. The summed E-state index contributed by atoms with van der Waals surface area (Å²) in [7, 11) is 0. The zero-order valence-electron chi connectivity index (χ0n) is 11.6. The lowest BCUT2D eigenvalue weighted by Gasteiger charge is -2.22. The second kappa shape index (κ2) is 7.37. The lowest BCUT2D eigenvalue weighted by atomic mass is 10.2. The molecule has 0 N–H and O–H groups in total. The number of ether oxygens (including phenoxy) is 1. The Morgan fingerprint density at radius 1 is 1.47 bits per heavy atom. The molecule has 0 aromatic carbocycles. The molecular weight excluding hydrogens is 242 g/mol. The van der Waals surface area contributed by atoms with Crippen LogP contribution < -0.4 is 4.90 Å². The molecule has 0 saturated carbocycles. The first kappa shape index (κ1) is 15.0. The predicted molar refractivity (Wildman–Crippen MR) is 72.8 cm³/mol. The quantitative estimate of drug-likeness (QED) is 0.733. The number of rotatable bonds is 6. The molecule has 1 rings (SSSR count). The fourth-order valence-electron chi connectivity index (χ4n) is 1.78. The van der Waals surface area contributed by atoms with Gasteiger partial charge in [0.25, 0.3) is 0 Å². The van der Waals surface area contributed by atoms with Crippen molar-refractivity contribution < 1.29 is 9.53 Å². The smallest absolute Gasteiger partial charge is 0.325 e. The number of hydrogen-bond donors (Lipinski definition) is 0. The number of aryl methyl sites for hydroxylation is 1. The van der Waals surface area contributed by atoms with Crippen molar-refractivity contribution in [2.75, 3.05) is 24.6 Å². The molecule has 5 heteroatoms.